The molecular formula is C12H14BrN5O. The van der Waals surface area contributed by atoms with Crippen molar-refractivity contribution in [1.82, 2.24) is 15.0 Å². The van der Waals surface area contributed by atoms with Crippen LogP contribution in [0.25, 0.3) is 0 Å². The third-order valence-corrected chi connectivity index (χ3v) is 2.69. The van der Waals surface area contributed by atoms with Crippen molar-refractivity contribution in [2.45, 2.75) is 6.92 Å². The van der Waals surface area contributed by atoms with E-state index in [9.17, 15) is 0 Å². The van der Waals surface area contributed by atoms with Gasteiger partial charge in [0.1, 0.15) is 0 Å². The van der Waals surface area contributed by atoms with Crippen LogP contribution in [0.5, 0.6) is 6.01 Å². The highest BCUT2D eigenvalue weighted by molar-refractivity contribution is 9.10. The van der Waals surface area contributed by atoms with Crippen LogP contribution in [0.3, 0.4) is 0 Å². The van der Waals surface area contributed by atoms with Gasteiger partial charge in [-0.15, -0.1) is 0 Å². The van der Waals surface area contributed by atoms with Gasteiger partial charge in [0.25, 0.3) is 0 Å². The van der Waals surface area contributed by atoms with Gasteiger partial charge >= 0.3 is 6.01 Å². The summed E-state index contributed by atoms with van der Waals surface area (Å²) in [6, 6.07) is 8.02. The molecule has 1 aromatic carbocycles. The van der Waals surface area contributed by atoms with Gasteiger partial charge in [-0.3, -0.25) is 0 Å². The zero-order chi connectivity index (χ0) is 13.7. The molecule has 0 atom stereocenters. The summed E-state index contributed by atoms with van der Waals surface area (Å²) in [5.41, 5.74) is 0.880. The van der Waals surface area contributed by atoms with E-state index < -0.39 is 0 Å². The van der Waals surface area contributed by atoms with E-state index in [-0.39, 0.29) is 0 Å². The van der Waals surface area contributed by atoms with Gasteiger partial charge in [0.05, 0.1) is 6.61 Å². The number of anilines is 3. The first kappa shape index (κ1) is 13.5. The third kappa shape index (κ3) is 3.78. The zero-order valence-electron chi connectivity index (χ0n) is 10.6. The van der Waals surface area contributed by atoms with Gasteiger partial charge in [0, 0.05) is 17.2 Å². The van der Waals surface area contributed by atoms with Crippen molar-refractivity contribution in [2.24, 2.45) is 0 Å². The molecule has 0 spiro atoms. The minimum atomic E-state index is 0.291. The fraction of sp³-hybridized carbons (Fsp3) is 0.250. The summed E-state index contributed by atoms with van der Waals surface area (Å²) in [7, 11) is 1.74. The summed E-state index contributed by atoms with van der Waals surface area (Å²) in [6.07, 6.45) is 0. The number of nitrogens with zero attached hydrogens (tertiary/aromatic N) is 3. The second kappa shape index (κ2) is 6.33. The first-order chi connectivity index (χ1) is 9.21. The van der Waals surface area contributed by atoms with Gasteiger partial charge in [0.2, 0.25) is 11.9 Å². The number of benzene rings is 1. The smallest absolute Gasteiger partial charge is 0.323 e. The molecule has 0 aliphatic heterocycles. The molecule has 0 fully saturated rings. The molecule has 19 heavy (non-hydrogen) atoms. The summed E-state index contributed by atoms with van der Waals surface area (Å²) in [4.78, 5) is 12.5. The summed E-state index contributed by atoms with van der Waals surface area (Å²) in [5, 5.41) is 5.98. The van der Waals surface area contributed by atoms with Crippen LogP contribution < -0.4 is 15.4 Å². The van der Waals surface area contributed by atoms with Crippen molar-refractivity contribution in [3.05, 3.63) is 28.7 Å². The van der Waals surface area contributed by atoms with Gasteiger partial charge in [-0.05, 0) is 25.1 Å². The summed E-state index contributed by atoms with van der Waals surface area (Å²) < 4.78 is 6.28. The molecule has 100 valence electrons. The summed E-state index contributed by atoms with van der Waals surface area (Å²) in [5.74, 6) is 0.886. The predicted molar refractivity (Wildman–Crippen MR) is 78.0 cm³/mol. The highest BCUT2D eigenvalue weighted by Crippen LogP contribution is 2.20. The largest absolute Gasteiger partial charge is 0.464 e. The van der Waals surface area contributed by atoms with Crippen LogP contribution in [0, 0.1) is 0 Å². The fourth-order valence-electron chi connectivity index (χ4n) is 1.41. The molecule has 0 amide bonds. The first-order valence-electron chi connectivity index (χ1n) is 5.80. The van der Waals surface area contributed by atoms with Crippen molar-refractivity contribution >= 4 is 33.5 Å². The molecule has 6 nitrogen and oxygen atoms in total. The van der Waals surface area contributed by atoms with Crippen molar-refractivity contribution in [3.8, 4) is 6.01 Å². The van der Waals surface area contributed by atoms with Crippen LogP contribution >= 0.6 is 15.9 Å². The Morgan fingerprint density at radius 3 is 2.68 bits per heavy atom. The van der Waals surface area contributed by atoms with Crippen molar-refractivity contribution in [1.29, 1.82) is 0 Å². The van der Waals surface area contributed by atoms with Gasteiger partial charge in [-0.1, -0.05) is 22.0 Å². The maximum absolute atomic E-state index is 5.30. The predicted octanol–water partition coefficient (Wildman–Crippen LogP) is 2.82. The van der Waals surface area contributed by atoms with E-state index >= 15 is 0 Å². The molecule has 2 rings (SSSR count). The van der Waals surface area contributed by atoms with Crippen molar-refractivity contribution in [3.63, 3.8) is 0 Å². The number of halogens is 1. The first-order valence-corrected chi connectivity index (χ1v) is 6.59. The molecule has 0 unspecified atom stereocenters. The van der Waals surface area contributed by atoms with E-state index in [2.05, 4.69) is 41.5 Å². The summed E-state index contributed by atoms with van der Waals surface area (Å²) >= 11 is 3.41. The van der Waals surface area contributed by atoms with Gasteiger partial charge in [-0.2, -0.15) is 15.0 Å². The van der Waals surface area contributed by atoms with E-state index in [0.717, 1.165) is 10.2 Å². The van der Waals surface area contributed by atoms with Gasteiger partial charge in [0.15, 0.2) is 0 Å². The topological polar surface area (TPSA) is 72.0 Å². The van der Waals surface area contributed by atoms with Gasteiger partial charge in [-0.25, -0.2) is 0 Å². The minimum absolute atomic E-state index is 0.291. The lowest BCUT2D eigenvalue weighted by Crippen LogP contribution is -2.06. The normalized spacial score (nSPS) is 10.1. The SMILES string of the molecule is CCOc1nc(NC)nc(Nc2cccc(Br)c2)n1. The second-order valence-corrected chi connectivity index (χ2v) is 4.50. The molecule has 0 aliphatic rings. The number of rotatable bonds is 5. The fourth-order valence-corrected chi connectivity index (χ4v) is 1.81. The Morgan fingerprint density at radius 2 is 2.00 bits per heavy atom. The van der Waals surface area contributed by atoms with Crippen LogP contribution in [0.15, 0.2) is 28.7 Å². The Labute approximate surface area is 119 Å². The van der Waals surface area contributed by atoms with E-state index in [1.54, 1.807) is 7.05 Å². The number of nitrogens with one attached hydrogen (secondary N) is 2. The van der Waals surface area contributed by atoms with E-state index in [4.69, 9.17) is 4.74 Å². The molecule has 7 heteroatoms. The molecule has 0 saturated carbocycles. The Morgan fingerprint density at radius 1 is 1.21 bits per heavy atom. The number of hydrogen-bond acceptors (Lipinski definition) is 6. The average Bonchev–Trinajstić information content (AvgIpc) is 2.39. The standard InChI is InChI=1S/C12H14BrN5O/c1-3-19-12-17-10(14-2)16-11(18-12)15-9-6-4-5-8(13)7-9/h4-7H,3H2,1-2H3,(H2,14,15,16,17,18). The number of aromatic nitrogens is 3. The van der Waals surface area contributed by atoms with Crippen LogP contribution in [-0.2, 0) is 0 Å². The Bertz CT molecular complexity index is 564. The maximum Gasteiger partial charge on any atom is 0.323 e. The van der Waals surface area contributed by atoms with Crippen molar-refractivity contribution in [2.75, 3.05) is 24.3 Å². The molecule has 2 aromatic rings. The lowest BCUT2D eigenvalue weighted by molar-refractivity contribution is 0.312. The molecule has 0 saturated heterocycles. The third-order valence-electron chi connectivity index (χ3n) is 2.19. The van der Waals surface area contributed by atoms with Crippen LogP contribution in [0.1, 0.15) is 6.92 Å². The highest BCUT2D eigenvalue weighted by atomic mass is 79.9. The molecule has 0 aliphatic carbocycles. The molecular weight excluding hydrogens is 310 g/mol. The lowest BCUT2D eigenvalue weighted by atomic mass is 10.3. The average molecular weight is 324 g/mol. The minimum Gasteiger partial charge on any atom is -0.464 e. The quantitative estimate of drug-likeness (QED) is 0.881. The number of ether oxygens (including phenoxy) is 1. The molecule has 1 aromatic heterocycles. The van der Waals surface area contributed by atoms with Crippen LogP contribution in [-0.4, -0.2) is 28.6 Å². The Balaban J connectivity index is 2.26. The monoisotopic (exact) mass is 323 g/mol. The Kier molecular flexibility index (Phi) is 4.51. The van der Waals surface area contributed by atoms with E-state index in [0.29, 0.717) is 24.5 Å². The van der Waals surface area contributed by atoms with Crippen molar-refractivity contribution < 1.29 is 4.74 Å². The zero-order valence-corrected chi connectivity index (χ0v) is 12.2. The van der Waals surface area contributed by atoms with E-state index in [1.165, 1.54) is 0 Å². The van der Waals surface area contributed by atoms with Crippen LogP contribution in [0.2, 0.25) is 0 Å². The van der Waals surface area contributed by atoms with Gasteiger partial charge < -0.3 is 15.4 Å². The highest BCUT2D eigenvalue weighted by Gasteiger charge is 2.06. The van der Waals surface area contributed by atoms with Crippen LogP contribution in [0.4, 0.5) is 17.6 Å². The number of hydrogen-bond donors (Lipinski definition) is 2. The molecule has 0 radical (unpaired) electrons. The molecule has 1 heterocycles. The second-order valence-electron chi connectivity index (χ2n) is 3.58. The molecule has 0 bridgehead atoms. The molecule has 2 N–H and O–H groups in total. The summed E-state index contributed by atoms with van der Waals surface area (Å²) in [6.45, 7) is 2.38. The Hall–Kier alpha value is -1.89. The van der Waals surface area contributed by atoms with E-state index in [1.807, 2.05) is 31.2 Å². The maximum atomic E-state index is 5.30. The lowest BCUT2D eigenvalue weighted by Gasteiger charge is -2.08.